The van der Waals surface area contributed by atoms with Crippen molar-refractivity contribution in [2.45, 2.75) is 11.8 Å². The van der Waals surface area contributed by atoms with Crippen LogP contribution >= 0.6 is 0 Å². The molecule has 5 heteroatoms. The Morgan fingerprint density at radius 1 is 1.40 bits per heavy atom. The Hall–Kier alpha value is -0.910. The van der Waals surface area contributed by atoms with Crippen LogP contribution < -0.4 is 0 Å². The van der Waals surface area contributed by atoms with Gasteiger partial charge in [-0.25, -0.2) is 8.42 Å². The number of aryl methyl sites for hydroxylation is 1. The van der Waals surface area contributed by atoms with E-state index >= 15 is 0 Å². The molecule has 4 nitrogen and oxygen atoms in total. The number of hydrogen-bond acceptors (Lipinski definition) is 3. The highest BCUT2D eigenvalue weighted by atomic mass is 32.2. The summed E-state index contributed by atoms with van der Waals surface area (Å²) in [7, 11) is -3.35. The van der Waals surface area contributed by atoms with Gasteiger partial charge in [0.1, 0.15) is 6.73 Å². The van der Waals surface area contributed by atoms with Gasteiger partial charge in [-0.05, 0) is 24.6 Å². The van der Waals surface area contributed by atoms with Crippen molar-refractivity contribution < 1.29 is 13.2 Å². The molecule has 1 aromatic rings. The van der Waals surface area contributed by atoms with Crippen LogP contribution in [0.3, 0.4) is 0 Å². The number of ether oxygens (including phenoxy) is 1. The van der Waals surface area contributed by atoms with Gasteiger partial charge in [-0.15, -0.1) is 0 Å². The first-order valence-electron chi connectivity index (χ1n) is 4.75. The Labute approximate surface area is 89.5 Å². The third-order valence-electron chi connectivity index (χ3n) is 2.35. The molecule has 1 fully saturated rings. The van der Waals surface area contributed by atoms with Gasteiger partial charge in [0.25, 0.3) is 0 Å². The molecule has 0 bridgehead atoms. The Morgan fingerprint density at radius 3 is 2.80 bits per heavy atom. The monoisotopic (exact) mass is 227 g/mol. The minimum atomic E-state index is -3.35. The Bertz CT molecular complexity index is 449. The summed E-state index contributed by atoms with van der Waals surface area (Å²) in [6, 6.07) is 6.91. The van der Waals surface area contributed by atoms with Gasteiger partial charge in [0.05, 0.1) is 11.5 Å². The molecule has 2 rings (SSSR count). The van der Waals surface area contributed by atoms with Crippen LogP contribution in [0.4, 0.5) is 0 Å². The SMILES string of the molecule is Cc1cccc(S(=O)(=O)N2CCOC2)c1. The van der Waals surface area contributed by atoms with E-state index in [0.29, 0.717) is 18.0 Å². The van der Waals surface area contributed by atoms with Crippen LogP contribution in [0.5, 0.6) is 0 Å². The van der Waals surface area contributed by atoms with Gasteiger partial charge in [0.15, 0.2) is 0 Å². The van der Waals surface area contributed by atoms with Crippen LogP contribution in [0.25, 0.3) is 0 Å². The normalized spacial score (nSPS) is 18.2. The molecular weight excluding hydrogens is 214 g/mol. The molecule has 1 aliphatic heterocycles. The van der Waals surface area contributed by atoms with Crippen molar-refractivity contribution in [1.29, 1.82) is 0 Å². The molecule has 0 atom stereocenters. The summed E-state index contributed by atoms with van der Waals surface area (Å²) < 4.78 is 30.5. The maximum atomic E-state index is 12.0. The summed E-state index contributed by atoms with van der Waals surface area (Å²) in [5, 5.41) is 0. The van der Waals surface area contributed by atoms with Crippen LogP contribution in [0.1, 0.15) is 5.56 Å². The summed E-state index contributed by atoms with van der Waals surface area (Å²) >= 11 is 0. The molecule has 0 unspecified atom stereocenters. The fourth-order valence-electron chi connectivity index (χ4n) is 1.51. The molecule has 0 aliphatic carbocycles. The summed E-state index contributed by atoms with van der Waals surface area (Å²) in [4.78, 5) is 0.341. The first kappa shape index (κ1) is 10.6. The summed E-state index contributed by atoms with van der Waals surface area (Å²) in [6.07, 6.45) is 0. The molecule has 15 heavy (non-hydrogen) atoms. The van der Waals surface area contributed by atoms with Gasteiger partial charge in [-0.3, -0.25) is 0 Å². The Kier molecular flexibility index (Phi) is 2.77. The van der Waals surface area contributed by atoms with Crippen molar-refractivity contribution in [1.82, 2.24) is 4.31 Å². The molecule has 0 aromatic heterocycles. The van der Waals surface area contributed by atoms with E-state index < -0.39 is 10.0 Å². The molecule has 0 saturated carbocycles. The van der Waals surface area contributed by atoms with Gasteiger partial charge in [-0.2, -0.15) is 4.31 Å². The van der Waals surface area contributed by atoms with Crippen LogP contribution in [-0.4, -0.2) is 32.6 Å². The van der Waals surface area contributed by atoms with Crippen molar-refractivity contribution in [2.24, 2.45) is 0 Å². The third-order valence-corrected chi connectivity index (χ3v) is 4.17. The van der Waals surface area contributed by atoms with E-state index in [1.165, 1.54) is 4.31 Å². The molecule has 0 N–H and O–H groups in total. The van der Waals surface area contributed by atoms with E-state index in [4.69, 9.17) is 4.74 Å². The largest absolute Gasteiger partial charge is 0.364 e. The smallest absolute Gasteiger partial charge is 0.245 e. The second kappa shape index (κ2) is 3.92. The standard InChI is InChI=1S/C10H13NO3S/c1-9-3-2-4-10(7-9)15(12,13)11-5-6-14-8-11/h2-4,7H,5-6,8H2,1H3. The summed E-state index contributed by atoms with van der Waals surface area (Å²) in [5.74, 6) is 0. The predicted octanol–water partition coefficient (Wildman–Crippen LogP) is 0.973. The van der Waals surface area contributed by atoms with E-state index in [1.807, 2.05) is 13.0 Å². The quantitative estimate of drug-likeness (QED) is 0.756. The maximum absolute atomic E-state index is 12.0. The molecule has 1 aliphatic rings. The van der Waals surface area contributed by atoms with Gasteiger partial charge in [0, 0.05) is 6.54 Å². The maximum Gasteiger partial charge on any atom is 0.245 e. The predicted molar refractivity (Wildman–Crippen MR) is 55.9 cm³/mol. The highest BCUT2D eigenvalue weighted by Crippen LogP contribution is 2.18. The Balaban J connectivity index is 2.36. The third kappa shape index (κ3) is 2.04. The zero-order valence-electron chi connectivity index (χ0n) is 8.51. The first-order chi connectivity index (χ1) is 7.10. The van der Waals surface area contributed by atoms with Crippen LogP contribution in [-0.2, 0) is 14.8 Å². The average Bonchev–Trinajstić information content (AvgIpc) is 2.71. The lowest BCUT2D eigenvalue weighted by atomic mass is 10.2. The molecule has 1 heterocycles. The van der Waals surface area contributed by atoms with Gasteiger partial charge in [-0.1, -0.05) is 12.1 Å². The number of hydrogen-bond donors (Lipinski definition) is 0. The fourth-order valence-corrected chi connectivity index (χ4v) is 2.92. The minimum absolute atomic E-state index is 0.163. The van der Waals surface area contributed by atoms with Crippen molar-refractivity contribution in [3.05, 3.63) is 29.8 Å². The van der Waals surface area contributed by atoms with E-state index in [1.54, 1.807) is 18.2 Å². The summed E-state index contributed by atoms with van der Waals surface area (Å²) in [5.41, 5.74) is 0.941. The number of rotatable bonds is 2. The molecule has 82 valence electrons. The van der Waals surface area contributed by atoms with E-state index in [2.05, 4.69) is 0 Å². The lowest BCUT2D eigenvalue weighted by Crippen LogP contribution is -2.28. The molecule has 1 aromatic carbocycles. The average molecular weight is 227 g/mol. The molecule has 0 spiro atoms. The zero-order valence-corrected chi connectivity index (χ0v) is 9.33. The van der Waals surface area contributed by atoms with E-state index in [-0.39, 0.29) is 6.73 Å². The van der Waals surface area contributed by atoms with Crippen molar-refractivity contribution in [2.75, 3.05) is 19.9 Å². The second-order valence-electron chi connectivity index (χ2n) is 3.53. The van der Waals surface area contributed by atoms with Crippen molar-refractivity contribution in [3.63, 3.8) is 0 Å². The van der Waals surface area contributed by atoms with Crippen molar-refractivity contribution in [3.8, 4) is 0 Å². The van der Waals surface area contributed by atoms with E-state index in [0.717, 1.165) is 5.56 Å². The molecular formula is C10H13NO3S. The van der Waals surface area contributed by atoms with Crippen molar-refractivity contribution >= 4 is 10.0 Å². The highest BCUT2D eigenvalue weighted by Gasteiger charge is 2.27. The van der Waals surface area contributed by atoms with Gasteiger partial charge < -0.3 is 4.74 Å². The van der Waals surface area contributed by atoms with Gasteiger partial charge >= 0.3 is 0 Å². The lowest BCUT2D eigenvalue weighted by Gasteiger charge is -2.13. The number of nitrogens with zero attached hydrogens (tertiary/aromatic N) is 1. The van der Waals surface area contributed by atoms with Gasteiger partial charge in [0.2, 0.25) is 10.0 Å². The van der Waals surface area contributed by atoms with Crippen LogP contribution in [0.15, 0.2) is 29.2 Å². The molecule has 0 amide bonds. The zero-order chi connectivity index (χ0) is 10.9. The Morgan fingerprint density at radius 2 is 2.20 bits per heavy atom. The summed E-state index contributed by atoms with van der Waals surface area (Å²) in [6.45, 7) is 2.96. The van der Waals surface area contributed by atoms with E-state index in [9.17, 15) is 8.42 Å². The minimum Gasteiger partial charge on any atom is -0.364 e. The highest BCUT2D eigenvalue weighted by molar-refractivity contribution is 7.89. The molecule has 1 saturated heterocycles. The first-order valence-corrected chi connectivity index (χ1v) is 6.19. The lowest BCUT2D eigenvalue weighted by molar-refractivity contribution is 0.172. The molecule has 0 radical (unpaired) electrons. The fraction of sp³-hybridized carbons (Fsp3) is 0.400. The number of benzene rings is 1. The number of sulfonamides is 1. The second-order valence-corrected chi connectivity index (χ2v) is 5.47. The van der Waals surface area contributed by atoms with Crippen LogP contribution in [0.2, 0.25) is 0 Å². The topological polar surface area (TPSA) is 46.6 Å². The van der Waals surface area contributed by atoms with Crippen LogP contribution in [0, 0.1) is 6.92 Å².